The fourth-order valence-electron chi connectivity index (χ4n) is 8.49. The minimum Gasteiger partial charge on any atom is -0.396 e. The predicted octanol–water partition coefficient (Wildman–Crippen LogP) is 5.03. The van der Waals surface area contributed by atoms with Gasteiger partial charge in [0, 0.05) is 6.61 Å². The maximum atomic E-state index is 10.1. The highest BCUT2D eigenvalue weighted by molar-refractivity contribution is 5.20. The van der Waals surface area contributed by atoms with E-state index in [0.29, 0.717) is 34.2 Å². The van der Waals surface area contributed by atoms with Crippen LogP contribution in [0, 0.1) is 39.4 Å². The summed E-state index contributed by atoms with van der Waals surface area (Å²) >= 11 is 0. The molecule has 1 spiro atoms. The van der Waals surface area contributed by atoms with Gasteiger partial charge in [-0.05, 0) is 84.4 Å². The molecular formula is C20H34O. The number of rotatable bonds is 1. The van der Waals surface area contributed by atoms with Crippen LogP contribution in [-0.2, 0) is 0 Å². The van der Waals surface area contributed by atoms with Crippen molar-refractivity contribution in [3.05, 3.63) is 0 Å². The van der Waals surface area contributed by atoms with E-state index in [4.69, 9.17) is 0 Å². The van der Waals surface area contributed by atoms with Gasteiger partial charge in [-0.1, -0.05) is 34.1 Å². The molecule has 5 rings (SSSR count). The van der Waals surface area contributed by atoms with E-state index in [1.807, 2.05) is 0 Å². The molecular weight excluding hydrogens is 256 g/mol. The molecule has 0 aromatic rings. The van der Waals surface area contributed by atoms with Crippen molar-refractivity contribution < 1.29 is 5.11 Å². The predicted molar refractivity (Wildman–Crippen MR) is 86.9 cm³/mol. The second-order valence-corrected chi connectivity index (χ2v) is 10.3. The fraction of sp³-hybridized carbons (Fsp3) is 1.00. The van der Waals surface area contributed by atoms with Crippen LogP contribution in [0.5, 0.6) is 0 Å². The second-order valence-electron chi connectivity index (χ2n) is 10.3. The van der Waals surface area contributed by atoms with Crippen molar-refractivity contribution in [2.45, 2.75) is 79.1 Å². The lowest BCUT2D eigenvalue weighted by Crippen LogP contribution is -2.70. The first-order valence-corrected chi connectivity index (χ1v) is 9.39. The molecule has 21 heavy (non-hydrogen) atoms. The second kappa shape index (κ2) is 4.08. The molecule has 1 nitrogen and oxygen atoms in total. The number of hydrogen-bond acceptors (Lipinski definition) is 1. The van der Waals surface area contributed by atoms with Crippen LogP contribution in [-0.4, -0.2) is 11.7 Å². The Balaban J connectivity index is 1.73. The molecule has 0 aliphatic heterocycles. The zero-order valence-corrected chi connectivity index (χ0v) is 14.5. The van der Waals surface area contributed by atoms with Gasteiger partial charge in [-0.15, -0.1) is 0 Å². The smallest absolute Gasteiger partial charge is 0.0469 e. The molecule has 6 atom stereocenters. The summed E-state index contributed by atoms with van der Waals surface area (Å²) in [5.74, 6) is 2.41. The molecule has 120 valence electrons. The van der Waals surface area contributed by atoms with Gasteiger partial charge in [-0.3, -0.25) is 0 Å². The molecule has 0 radical (unpaired) electrons. The van der Waals surface area contributed by atoms with E-state index in [1.54, 1.807) is 0 Å². The van der Waals surface area contributed by atoms with Gasteiger partial charge in [-0.25, -0.2) is 0 Å². The fourth-order valence-corrected chi connectivity index (χ4v) is 8.49. The Morgan fingerprint density at radius 2 is 1.62 bits per heavy atom. The number of hydrogen-bond donors (Lipinski definition) is 1. The average molecular weight is 290 g/mol. The molecule has 0 aromatic carbocycles. The van der Waals surface area contributed by atoms with Crippen LogP contribution in [0.3, 0.4) is 0 Å². The summed E-state index contributed by atoms with van der Waals surface area (Å²) in [6.45, 7) is 10.6. The maximum Gasteiger partial charge on any atom is 0.0469 e. The number of aliphatic hydroxyl groups is 1. The third-order valence-electron chi connectivity index (χ3n) is 9.12. The highest BCUT2D eigenvalue weighted by atomic mass is 16.3. The quantitative estimate of drug-likeness (QED) is 0.718. The standard InChI is InChI=1S/C20H34O/c1-17(2)8-5-9-19(4)14(17)7-11-20-13-18(3,16(20)12-21)10-6-15(19)20/h14-16,21H,5-13H2,1-4H3/t14-,15+,16+,18+,19+,20+/m1/s1. The third-order valence-corrected chi connectivity index (χ3v) is 9.12. The van der Waals surface area contributed by atoms with Gasteiger partial charge in [0.25, 0.3) is 0 Å². The molecule has 0 heterocycles. The summed E-state index contributed by atoms with van der Waals surface area (Å²) in [5.41, 5.74) is 2.07. The summed E-state index contributed by atoms with van der Waals surface area (Å²) in [4.78, 5) is 0. The molecule has 1 heteroatoms. The molecule has 5 aliphatic carbocycles. The summed E-state index contributed by atoms with van der Waals surface area (Å²) < 4.78 is 0. The van der Waals surface area contributed by atoms with Crippen molar-refractivity contribution in [2.75, 3.05) is 6.61 Å². The Hall–Kier alpha value is -0.0400. The Labute approximate surface area is 130 Å². The average Bonchev–Trinajstić information content (AvgIpc) is 2.36. The Morgan fingerprint density at radius 3 is 2.33 bits per heavy atom. The van der Waals surface area contributed by atoms with E-state index in [1.165, 1.54) is 51.4 Å². The van der Waals surface area contributed by atoms with E-state index in [0.717, 1.165) is 11.8 Å². The van der Waals surface area contributed by atoms with Crippen molar-refractivity contribution in [2.24, 2.45) is 39.4 Å². The summed E-state index contributed by atoms with van der Waals surface area (Å²) in [5, 5.41) is 10.1. The van der Waals surface area contributed by atoms with E-state index in [-0.39, 0.29) is 0 Å². The molecule has 5 aliphatic rings. The first-order valence-electron chi connectivity index (χ1n) is 9.39. The van der Waals surface area contributed by atoms with E-state index in [9.17, 15) is 5.11 Å². The van der Waals surface area contributed by atoms with Gasteiger partial charge in [0.1, 0.15) is 0 Å². The first-order chi connectivity index (χ1) is 9.79. The van der Waals surface area contributed by atoms with Crippen LogP contribution in [0.2, 0.25) is 0 Å². The van der Waals surface area contributed by atoms with Crippen LogP contribution in [0.4, 0.5) is 0 Å². The van der Waals surface area contributed by atoms with Crippen LogP contribution in [0.25, 0.3) is 0 Å². The van der Waals surface area contributed by atoms with Gasteiger partial charge in [0.15, 0.2) is 0 Å². The molecule has 2 bridgehead atoms. The zero-order valence-electron chi connectivity index (χ0n) is 14.5. The molecule has 1 N–H and O–H groups in total. The van der Waals surface area contributed by atoms with E-state index < -0.39 is 0 Å². The van der Waals surface area contributed by atoms with Crippen LogP contribution in [0.1, 0.15) is 79.1 Å². The van der Waals surface area contributed by atoms with E-state index in [2.05, 4.69) is 27.7 Å². The molecule has 0 unspecified atom stereocenters. The van der Waals surface area contributed by atoms with E-state index >= 15 is 0 Å². The Morgan fingerprint density at radius 1 is 0.905 bits per heavy atom. The monoisotopic (exact) mass is 290 g/mol. The highest BCUT2D eigenvalue weighted by Crippen LogP contribution is 2.78. The number of aliphatic hydroxyl groups excluding tert-OH is 1. The minimum absolute atomic E-state index is 0.442. The van der Waals surface area contributed by atoms with Gasteiger partial charge >= 0.3 is 0 Å². The summed E-state index contributed by atoms with van der Waals surface area (Å²) in [7, 11) is 0. The molecule has 5 fully saturated rings. The van der Waals surface area contributed by atoms with Gasteiger partial charge < -0.3 is 5.11 Å². The third kappa shape index (κ3) is 1.57. The lowest BCUT2D eigenvalue weighted by atomic mass is 9.28. The maximum absolute atomic E-state index is 10.1. The molecule has 0 amide bonds. The van der Waals surface area contributed by atoms with Crippen molar-refractivity contribution in [3.63, 3.8) is 0 Å². The summed E-state index contributed by atoms with van der Waals surface area (Å²) in [6.07, 6.45) is 11.3. The highest BCUT2D eigenvalue weighted by Gasteiger charge is 2.71. The largest absolute Gasteiger partial charge is 0.396 e. The SMILES string of the molecule is CC1(C)CCC[C@@]2(C)[C@@H]1CC[C@]13C[C@](C)(CC[C@@H]21)[C@@H]3CO. The zero-order chi connectivity index (χ0) is 15.1. The first kappa shape index (κ1) is 14.5. The lowest BCUT2D eigenvalue weighted by molar-refractivity contribution is -0.282. The molecule has 0 saturated heterocycles. The number of fused-ring (bicyclic) bond motifs is 2. The van der Waals surface area contributed by atoms with Crippen molar-refractivity contribution in [1.29, 1.82) is 0 Å². The normalized spacial score (nSPS) is 57.9. The summed E-state index contributed by atoms with van der Waals surface area (Å²) in [6, 6.07) is 0. The van der Waals surface area contributed by atoms with Crippen molar-refractivity contribution in [3.8, 4) is 0 Å². The molecule has 0 aromatic heterocycles. The molecule has 5 saturated carbocycles. The van der Waals surface area contributed by atoms with Crippen LogP contribution >= 0.6 is 0 Å². The van der Waals surface area contributed by atoms with Crippen LogP contribution < -0.4 is 0 Å². The van der Waals surface area contributed by atoms with Crippen molar-refractivity contribution in [1.82, 2.24) is 0 Å². The minimum atomic E-state index is 0.442. The van der Waals surface area contributed by atoms with Gasteiger partial charge in [-0.2, -0.15) is 0 Å². The lowest BCUT2D eigenvalue weighted by Gasteiger charge is -2.76. The van der Waals surface area contributed by atoms with Crippen LogP contribution in [0.15, 0.2) is 0 Å². The Bertz CT molecular complexity index is 455. The van der Waals surface area contributed by atoms with Gasteiger partial charge in [0.05, 0.1) is 0 Å². The topological polar surface area (TPSA) is 20.2 Å². The van der Waals surface area contributed by atoms with Gasteiger partial charge in [0.2, 0.25) is 0 Å². The Kier molecular flexibility index (Phi) is 2.82. The van der Waals surface area contributed by atoms with Crippen molar-refractivity contribution >= 4 is 0 Å².